The molecule has 1 aliphatic heterocycles. The summed E-state index contributed by atoms with van der Waals surface area (Å²) in [5.41, 5.74) is 4.12. The molecule has 94 valence electrons. The van der Waals surface area contributed by atoms with E-state index in [1.807, 2.05) is 13.0 Å². The molecule has 0 bridgehead atoms. The minimum absolute atomic E-state index is 0.347. The highest BCUT2D eigenvalue weighted by molar-refractivity contribution is 6.32. The number of ether oxygens (including phenoxy) is 2. The lowest BCUT2D eigenvalue weighted by Gasteiger charge is -2.17. The molecular formula is C12H16ClNO3. The van der Waals surface area contributed by atoms with Crippen LogP contribution in [0.5, 0.6) is 11.5 Å². The summed E-state index contributed by atoms with van der Waals surface area (Å²) < 4.78 is 11.3. The molecule has 2 N–H and O–H groups in total. The summed E-state index contributed by atoms with van der Waals surface area (Å²) >= 11 is 6.17. The molecule has 1 aliphatic rings. The number of hydrogen-bond acceptors (Lipinski definition) is 4. The van der Waals surface area contributed by atoms with Crippen LogP contribution in [-0.4, -0.2) is 18.4 Å². The zero-order valence-corrected chi connectivity index (χ0v) is 10.5. The Morgan fingerprint density at radius 3 is 2.71 bits per heavy atom. The molecule has 0 saturated carbocycles. The van der Waals surface area contributed by atoms with Crippen LogP contribution in [0, 0.1) is 0 Å². The van der Waals surface area contributed by atoms with Gasteiger partial charge in [-0.2, -0.15) is 0 Å². The third kappa shape index (κ3) is 2.49. The van der Waals surface area contributed by atoms with Crippen molar-refractivity contribution in [1.29, 1.82) is 0 Å². The van der Waals surface area contributed by atoms with Gasteiger partial charge in [-0.25, -0.2) is 5.48 Å². The van der Waals surface area contributed by atoms with Crippen molar-refractivity contribution in [3.63, 3.8) is 0 Å². The maximum absolute atomic E-state index is 8.83. The molecule has 17 heavy (non-hydrogen) atoms. The molecule has 2 rings (SSSR count). The maximum atomic E-state index is 8.83. The predicted molar refractivity (Wildman–Crippen MR) is 65.1 cm³/mol. The Morgan fingerprint density at radius 2 is 2.06 bits per heavy atom. The average Bonchev–Trinajstić information content (AvgIpc) is 2.56. The fraction of sp³-hybridized carbons (Fsp3) is 0.500. The van der Waals surface area contributed by atoms with Gasteiger partial charge < -0.3 is 14.7 Å². The Morgan fingerprint density at radius 1 is 1.35 bits per heavy atom. The van der Waals surface area contributed by atoms with Crippen LogP contribution in [0.3, 0.4) is 0 Å². The van der Waals surface area contributed by atoms with Crippen LogP contribution >= 0.6 is 11.6 Å². The van der Waals surface area contributed by atoms with E-state index in [0.717, 1.165) is 29.7 Å². The lowest BCUT2D eigenvalue weighted by Crippen LogP contribution is -2.10. The van der Waals surface area contributed by atoms with Crippen LogP contribution in [0.25, 0.3) is 0 Å². The van der Waals surface area contributed by atoms with Crippen molar-refractivity contribution in [2.24, 2.45) is 0 Å². The Labute approximate surface area is 105 Å². The summed E-state index contributed by atoms with van der Waals surface area (Å²) in [6, 6.07) is 1.82. The summed E-state index contributed by atoms with van der Waals surface area (Å²) in [4.78, 5) is 0. The van der Waals surface area contributed by atoms with Crippen LogP contribution in [0.4, 0.5) is 0 Å². The first-order valence-corrected chi connectivity index (χ1v) is 6.12. The first kappa shape index (κ1) is 12.5. The third-order valence-corrected chi connectivity index (χ3v) is 3.07. The van der Waals surface area contributed by atoms with E-state index in [1.54, 1.807) is 0 Å². The van der Waals surface area contributed by atoms with Crippen LogP contribution in [-0.2, 0) is 13.0 Å². The minimum Gasteiger partial charge on any atom is -0.489 e. The van der Waals surface area contributed by atoms with Gasteiger partial charge in [0.1, 0.15) is 0 Å². The molecule has 5 heteroatoms. The monoisotopic (exact) mass is 257 g/mol. The van der Waals surface area contributed by atoms with E-state index in [4.69, 9.17) is 26.3 Å². The van der Waals surface area contributed by atoms with E-state index in [2.05, 4.69) is 5.48 Å². The molecule has 1 aromatic rings. The molecule has 0 amide bonds. The lowest BCUT2D eigenvalue weighted by molar-refractivity contribution is 0.161. The second-order valence-corrected chi connectivity index (χ2v) is 4.30. The van der Waals surface area contributed by atoms with Crippen LogP contribution in [0.15, 0.2) is 6.07 Å². The van der Waals surface area contributed by atoms with E-state index in [-0.39, 0.29) is 0 Å². The number of halogens is 1. The summed E-state index contributed by atoms with van der Waals surface area (Å²) in [5, 5.41) is 9.36. The van der Waals surface area contributed by atoms with Gasteiger partial charge in [-0.05, 0) is 18.1 Å². The first-order chi connectivity index (χ1) is 8.27. The molecule has 1 heterocycles. The van der Waals surface area contributed by atoms with E-state index < -0.39 is 0 Å². The second-order valence-electron chi connectivity index (χ2n) is 3.89. The maximum Gasteiger partial charge on any atom is 0.180 e. The zero-order chi connectivity index (χ0) is 12.3. The van der Waals surface area contributed by atoms with Crippen LogP contribution in [0.1, 0.15) is 24.5 Å². The quantitative estimate of drug-likeness (QED) is 0.817. The highest BCUT2D eigenvalue weighted by Gasteiger charge is 2.20. The van der Waals surface area contributed by atoms with E-state index in [9.17, 15) is 0 Å². The topological polar surface area (TPSA) is 50.7 Å². The van der Waals surface area contributed by atoms with Crippen molar-refractivity contribution in [3.05, 3.63) is 22.2 Å². The van der Waals surface area contributed by atoms with Crippen molar-refractivity contribution in [1.82, 2.24) is 5.48 Å². The van der Waals surface area contributed by atoms with Crippen molar-refractivity contribution < 1.29 is 14.7 Å². The smallest absolute Gasteiger partial charge is 0.180 e. The Balaban J connectivity index is 2.52. The molecule has 0 unspecified atom stereocenters. The fourth-order valence-electron chi connectivity index (χ4n) is 2.02. The fourth-order valence-corrected chi connectivity index (χ4v) is 2.29. The molecule has 0 atom stereocenters. The van der Waals surface area contributed by atoms with Crippen LogP contribution in [0.2, 0.25) is 5.02 Å². The van der Waals surface area contributed by atoms with Crippen molar-refractivity contribution >= 4 is 11.6 Å². The minimum atomic E-state index is 0.347. The number of rotatable bonds is 3. The zero-order valence-electron chi connectivity index (χ0n) is 9.75. The molecule has 0 radical (unpaired) electrons. The predicted octanol–water partition coefficient (Wildman–Crippen LogP) is 2.54. The van der Waals surface area contributed by atoms with Gasteiger partial charge in [-0.3, -0.25) is 0 Å². The Bertz CT molecular complexity index is 409. The number of benzene rings is 1. The lowest BCUT2D eigenvalue weighted by atomic mass is 10.0. The van der Waals surface area contributed by atoms with Gasteiger partial charge in [0, 0.05) is 18.5 Å². The summed E-state index contributed by atoms with van der Waals surface area (Å²) in [7, 11) is 0. The van der Waals surface area contributed by atoms with Crippen LogP contribution < -0.4 is 15.0 Å². The molecule has 0 aliphatic carbocycles. The van der Waals surface area contributed by atoms with Crippen molar-refractivity contribution in [3.8, 4) is 11.5 Å². The van der Waals surface area contributed by atoms with Gasteiger partial charge in [0.05, 0.1) is 18.2 Å². The van der Waals surface area contributed by atoms with E-state index >= 15 is 0 Å². The highest BCUT2D eigenvalue weighted by Crippen LogP contribution is 2.41. The summed E-state index contributed by atoms with van der Waals surface area (Å²) in [6.07, 6.45) is 1.65. The molecule has 0 aromatic heterocycles. The van der Waals surface area contributed by atoms with Crippen molar-refractivity contribution in [2.45, 2.75) is 26.3 Å². The number of hydrogen-bond donors (Lipinski definition) is 2. The van der Waals surface area contributed by atoms with E-state index in [1.165, 1.54) is 0 Å². The molecule has 4 nitrogen and oxygen atoms in total. The number of nitrogens with one attached hydrogen (secondary N) is 1. The normalized spacial score (nSPS) is 14.5. The van der Waals surface area contributed by atoms with E-state index in [0.29, 0.717) is 30.5 Å². The average molecular weight is 258 g/mol. The highest BCUT2D eigenvalue weighted by atomic mass is 35.5. The molecular weight excluding hydrogens is 242 g/mol. The van der Waals surface area contributed by atoms with Gasteiger partial charge in [0.2, 0.25) is 0 Å². The largest absolute Gasteiger partial charge is 0.489 e. The molecule has 0 fully saturated rings. The second kappa shape index (κ2) is 5.58. The SMILES string of the molecule is CCc1c(CNO)cc(Cl)c2c1OCCCO2. The summed E-state index contributed by atoms with van der Waals surface area (Å²) in [6.45, 7) is 3.64. The standard InChI is InChI=1S/C12H16ClNO3/c1-2-9-8(7-14-15)6-10(13)12-11(9)16-4-3-5-17-12/h6,14-15H,2-5,7H2,1H3. The molecule has 0 saturated heterocycles. The Hall–Kier alpha value is -0.970. The number of fused-ring (bicyclic) bond motifs is 1. The molecule has 0 spiro atoms. The van der Waals surface area contributed by atoms with Gasteiger partial charge >= 0.3 is 0 Å². The van der Waals surface area contributed by atoms with Crippen molar-refractivity contribution in [2.75, 3.05) is 13.2 Å². The van der Waals surface area contributed by atoms with Gasteiger partial charge in [-0.1, -0.05) is 18.5 Å². The first-order valence-electron chi connectivity index (χ1n) is 5.74. The number of hydroxylamine groups is 1. The van der Waals surface area contributed by atoms with Gasteiger partial charge in [0.15, 0.2) is 11.5 Å². The molecule has 1 aromatic carbocycles. The third-order valence-electron chi connectivity index (χ3n) is 2.79. The Kier molecular flexibility index (Phi) is 4.10. The van der Waals surface area contributed by atoms with Gasteiger partial charge in [0.25, 0.3) is 0 Å². The summed E-state index contributed by atoms with van der Waals surface area (Å²) in [5.74, 6) is 1.35. The van der Waals surface area contributed by atoms with Gasteiger partial charge in [-0.15, -0.1) is 0 Å².